The van der Waals surface area contributed by atoms with Crippen LogP contribution >= 0.6 is 23.2 Å². The lowest BCUT2D eigenvalue weighted by atomic mass is 10.0. The first-order valence-electron chi connectivity index (χ1n) is 15.0. The number of benzene rings is 2. The summed E-state index contributed by atoms with van der Waals surface area (Å²) in [5, 5.41) is 1.22. The number of amides is 3. The molecule has 0 spiro atoms. The van der Waals surface area contributed by atoms with Gasteiger partial charge in [-0.15, -0.1) is 0 Å². The second-order valence-corrected chi connectivity index (χ2v) is 12.3. The van der Waals surface area contributed by atoms with Crippen LogP contribution in [0.1, 0.15) is 58.9 Å². The van der Waals surface area contributed by atoms with Crippen LogP contribution in [0.5, 0.6) is 5.75 Å². The molecule has 2 aromatic carbocycles. The van der Waals surface area contributed by atoms with E-state index >= 15 is 0 Å². The zero-order valence-corrected chi connectivity index (χ0v) is 26.4. The molecule has 1 atom stereocenters. The van der Waals surface area contributed by atoms with Gasteiger partial charge < -0.3 is 14.5 Å². The lowest BCUT2D eigenvalue weighted by Crippen LogP contribution is -2.51. The van der Waals surface area contributed by atoms with Gasteiger partial charge >= 0.3 is 6.03 Å². The number of hydrogen-bond acceptors (Lipinski definition) is 5. The molecule has 2 aromatic rings. The molecule has 1 fully saturated rings. The van der Waals surface area contributed by atoms with Crippen LogP contribution in [-0.2, 0) is 11.2 Å². The third kappa shape index (κ3) is 7.88. The number of urea groups is 1. The number of halogens is 2. The average molecular weight is 604 g/mol. The van der Waals surface area contributed by atoms with Crippen LogP contribution in [-0.4, -0.2) is 73.7 Å². The van der Waals surface area contributed by atoms with Gasteiger partial charge in [0.15, 0.2) is 0 Å². The Labute approximate surface area is 255 Å². The van der Waals surface area contributed by atoms with Gasteiger partial charge in [-0.25, -0.2) is 9.69 Å². The summed E-state index contributed by atoms with van der Waals surface area (Å²) in [4.78, 5) is 34.5. The van der Waals surface area contributed by atoms with Gasteiger partial charge in [-0.2, -0.15) is 0 Å². The molecule has 0 radical (unpaired) electrons. The van der Waals surface area contributed by atoms with E-state index in [4.69, 9.17) is 27.9 Å². The van der Waals surface area contributed by atoms with Crippen LogP contribution in [0.25, 0.3) is 0 Å². The molecule has 1 unspecified atom stereocenters. The Morgan fingerprint density at radius 1 is 1.00 bits per heavy atom. The second-order valence-electron chi connectivity index (χ2n) is 11.5. The lowest BCUT2D eigenvalue weighted by Gasteiger charge is -2.36. The first-order chi connectivity index (χ1) is 19.7. The van der Waals surface area contributed by atoms with E-state index in [1.165, 1.54) is 4.90 Å². The predicted molar refractivity (Wildman–Crippen MR) is 169 cm³/mol. The Morgan fingerprint density at radius 2 is 1.76 bits per heavy atom. The van der Waals surface area contributed by atoms with Gasteiger partial charge in [0.2, 0.25) is 5.91 Å². The zero-order chi connectivity index (χ0) is 29.5. The van der Waals surface area contributed by atoms with Crippen molar-refractivity contribution in [3.63, 3.8) is 0 Å². The van der Waals surface area contributed by atoms with E-state index in [9.17, 15) is 9.59 Å². The van der Waals surface area contributed by atoms with Crippen molar-refractivity contribution in [2.75, 3.05) is 55.7 Å². The Bertz CT molecular complexity index is 1200. The summed E-state index contributed by atoms with van der Waals surface area (Å²) < 4.78 is 6.09. The van der Waals surface area contributed by atoms with Crippen LogP contribution in [0.15, 0.2) is 36.4 Å². The predicted octanol–water partition coefficient (Wildman–Crippen LogP) is 7.13. The van der Waals surface area contributed by atoms with Gasteiger partial charge in [0.05, 0.1) is 28.0 Å². The van der Waals surface area contributed by atoms with Crippen molar-refractivity contribution in [3.05, 3.63) is 52.0 Å². The number of carbonyl (C=O) groups is 2. The zero-order valence-electron chi connectivity index (χ0n) is 24.9. The maximum atomic E-state index is 13.6. The van der Waals surface area contributed by atoms with Gasteiger partial charge in [-0.05, 0) is 75.8 Å². The van der Waals surface area contributed by atoms with Gasteiger partial charge in [-0.3, -0.25) is 9.69 Å². The largest absolute Gasteiger partial charge is 0.494 e. The summed E-state index contributed by atoms with van der Waals surface area (Å²) in [6.45, 7) is 14.3. The monoisotopic (exact) mass is 602 g/mol. The molecular weight excluding hydrogens is 559 g/mol. The van der Waals surface area contributed by atoms with E-state index in [0.717, 1.165) is 63.2 Å². The fourth-order valence-electron chi connectivity index (χ4n) is 5.90. The highest BCUT2D eigenvalue weighted by Crippen LogP contribution is 2.34. The molecule has 0 bridgehead atoms. The molecule has 41 heavy (non-hydrogen) atoms. The van der Waals surface area contributed by atoms with Crippen molar-refractivity contribution in [2.45, 2.75) is 65.8 Å². The topological polar surface area (TPSA) is 56.3 Å². The van der Waals surface area contributed by atoms with Crippen LogP contribution in [0.2, 0.25) is 10.0 Å². The molecule has 2 aliphatic heterocycles. The minimum Gasteiger partial charge on any atom is -0.494 e. The standard InChI is InChI=1S/C32H44Cl2N4O3/c1-5-37(24(4)21-23(2)3)32(40)38-29-22-26(13-11-25(29)12-14-30(38)39)41-20-7-6-15-35-16-18-36(19-17-35)28-10-8-9-27(33)31(28)34/h8-11,13,22-24H,5-7,12,14-21H2,1-4H3. The third-order valence-electron chi connectivity index (χ3n) is 8.06. The van der Waals surface area contributed by atoms with E-state index in [2.05, 4.69) is 30.6 Å². The van der Waals surface area contributed by atoms with Crippen LogP contribution in [0, 0.1) is 5.92 Å². The number of carbonyl (C=O) groups excluding carboxylic acids is 2. The first-order valence-corrected chi connectivity index (χ1v) is 15.8. The Hall–Kier alpha value is -2.48. The fourth-order valence-corrected chi connectivity index (χ4v) is 6.32. The number of piperazine rings is 1. The number of fused-ring (bicyclic) bond motifs is 1. The van der Waals surface area contributed by atoms with E-state index in [1.54, 1.807) is 0 Å². The summed E-state index contributed by atoms with van der Waals surface area (Å²) in [5.41, 5.74) is 2.68. The SMILES string of the molecule is CCN(C(=O)N1C(=O)CCc2ccc(OCCCCN3CCN(c4cccc(Cl)c4Cl)CC3)cc21)C(C)CC(C)C. The van der Waals surface area contributed by atoms with Gasteiger partial charge in [-0.1, -0.05) is 49.2 Å². The van der Waals surface area contributed by atoms with E-state index in [0.29, 0.717) is 53.4 Å². The van der Waals surface area contributed by atoms with E-state index < -0.39 is 0 Å². The van der Waals surface area contributed by atoms with Gasteiger partial charge in [0.1, 0.15) is 5.75 Å². The number of aryl methyl sites for hydroxylation is 1. The number of nitrogens with zero attached hydrogens (tertiary/aromatic N) is 4. The molecule has 9 heteroatoms. The number of unbranched alkanes of at least 4 members (excludes halogenated alkanes) is 1. The summed E-state index contributed by atoms with van der Waals surface area (Å²) >= 11 is 12.6. The quantitative estimate of drug-likeness (QED) is 0.256. The molecule has 0 saturated carbocycles. The van der Waals surface area contributed by atoms with Gasteiger partial charge in [0, 0.05) is 51.3 Å². The van der Waals surface area contributed by atoms with Crippen molar-refractivity contribution in [1.82, 2.24) is 9.80 Å². The first kappa shape index (κ1) is 31.5. The summed E-state index contributed by atoms with van der Waals surface area (Å²) in [7, 11) is 0. The van der Waals surface area contributed by atoms with Crippen molar-refractivity contribution in [2.24, 2.45) is 5.92 Å². The highest BCUT2D eigenvalue weighted by molar-refractivity contribution is 6.43. The van der Waals surface area contributed by atoms with Crippen molar-refractivity contribution in [3.8, 4) is 5.75 Å². The lowest BCUT2D eigenvalue weighted by molar-refractivity contribution is -0.118. The van der Waals surface area contributed by atoms with Crippen molar-refractivity contribution < 1.29 is 14.3 Å². The smallest absolute Gasteiger partial charge is 0.331 e. The van der Waals surface area contributed by atoms with Crippen LogP contribution in [0.3, 0.4) is 0 Å². The number of rotatable bonds is 11. The van der Waals surface area contributed by atoms with Crippen LogP contribution < -0.4 is 14.5 Å². The second kappa shape index (κ2) is 14.6. The molecule has 0 N–H and O–H groups in total. The molecule has 0 aromatic heterocycles. The molecule has 2 aliphatic rings. The molecule has 0 aliphatic carbocycles. The molecule has 3 amide bonds. The molecule has 4 rings (SSSR count). The summed E-state index contributed by atoms with van der Waals surface area (Å²) in [6, 6.07) is 11.4. The maximum Gasteiger partial charge on any atom is 0.331 e. The summed E-state index contributed by atoms with van der Waals surface area (Å²) in [5.74, 6) is 1.02. The summed E-state index contributed by atoms with van der Waals surface area (Å²) in [6.07, 6.45) is 3.84. The van der Waals surface area contributed by atoms with E-state index in [1.807, 2.05) is 48.2 Å². The Morgan fingerprint density at radius 3 is 2.46 bits per heavy atom. The van der Waals surface area contributed by atoms with Crippen molar-refractivity contribution >= 4 is 46.5 Å². The minimum atomic E-state index is -0.235. The Balaban J connectivity index is 1.27. The normalized spacial score (nSPS) is 16.6. The number of hydrogen-bond donors (Lipinski definition) is 0. The molecular formula is C32H44Cl2N4O3. The molecule has 224 valence electrons. The number of ether oxygens (including phenoxy) is 1. The minimum absolute atomic E-state index is 0.0581. The highest BCUT2D eigenvalue weighted by Gasteiger charge is 2.34. The molecule has 2 heterocycles. The Kier molecular flexibility index (Phi) is 11.2. The number of anilines is 2. The fraction of sp³-hybridized carbons (Fsp3) is 0.562. The third-order valence-corrected chi connectivity index (χ3v) is 8.87. The number of imide groups is 1. The van der Waals surface area contributed by atoms with E-state index in [-0.39, 0.29) is 18.0 Å². The molecule has 1 saturated heterocycles. The maximum absolute atomic E-state index is 13.6. The highest BCUT2D eigenvalue weighted by atomic mass is 35.5. The van der Waals surface area contributed by atoms with Crippen LogP contribution in [0.4, 0.5) is 16.2 Å². The molecule has 7 nitrogen and oxygen atoms in total. The average Bonchev–Trinajstić information content (AvgIpc) is 2.94. The van der Waals surface area contributed by atoms with Crippen molar-refractivity contribution in [1.29, 1.82) is 0 Å². The van der Waals surface area contributed by atoms with Gasteiger partial charge in [0.25, 0.3) is 0 Å².